The van der Waals surface area contributed by atoms with E-state index in [0.717, 1.165) is 24.8 Å². The molecule has 1 aromatic rings. The molecule has 0 saturated heterocycles. The van der Waals surface area contributed by atoms with Crippen molar-refractivity contribution in [2.75, 3.05) is 13.2 Å². The molecule has 0 spiro atoms. The van der Waals surface area contributed by atoms with Gasteiger partial charge in [0.15, 0.2) is 5.76 Å². The van der Waals surface area contributed by atoms with Crippen LogP contribution in [0.3, 0.4) is 0 Å². The highest BCUT2D eigenvalue weighted by Gasteiger charge is 2.30. The van der Waals surface area contributed by atoms with E-state index in [2.05, 4.69) is 17.4 Å². The van der Waals surface area contributed by atoms with Crippen molar-refractivity contribution in [3.63, 3.8) is 0 Å². The molecule has 1 amide bonds. The van der Waals surface area contributed by atoms with Gasteiger partial charge in [0.25, 0.3) is 5.91 Å². The number of carbonyl (C=O) groups excluding carboxylic acids is 1. The number of hydrogen-bond donors (Lipinski definition) is 2. The summed E-state index contributed by atoms with van der Waals surface area (Å²) in [6.45, 7) is 0.681. The third-order valence-electron chi connectivity index (χ3n) is 5.06. The van der Waals surface area contributed by atoms with E-state index < -0.39 is 6.29 Å². The predicted octanol–water partition coefficient (Wildman–Crippen LogP) is 3.25. The third kappa shape index (κ3) is 5.32. The van der Waals surface area contributed by atoms with E-state index in [1.54, 1.807) is 0 Å². The smallest absolute Gasteiger partial charge is 0.286 e. The molecule has 5 nitrogen and oxygen atoms in total. The van der Waals surface area contributed by atoms with Gasteiger partial charge in [0.1, 0.15) is 0 Å². The van der Waals surface area contributed by atoms with Gasteiger partial charge in [0.2, 0.25) is 6.29 Å². The van der Waals surface area contributed by atoms with Crippen LogP contribution in [0.1, 0.15) is 56.4 Å². The van der Waals surface area contributed by atoms with Gasteiger partial charge in [-0.25, -0.2) is 0 Å². The lowest BCUT2D eigenvalue weighted by Gasteiger charge is -2.29. The number of aliphatic hydroxyl groups is 1. The highest BCUT2D eigenvalue weighted by molar-refractivity contribution is 5.92. The van der Waals surface area contributed by atoms with Gasteiger partial charge < -0.3 is 19.9 Å². The lowest BCUT2D eigenvalue weighted by atomic mass is 9.93. The minimum absolute atomic E-state index is 0.0946. The second kappa shape index (κ2) is 9.74. The van der Waals surface area contributed by atoms with Crippen molar-refractivity contribution in [2.45, 2.75) is 63.2 Å². The van der Waals surface area contributed by atoms with Crippen molar-refractivity contribution < 1.29 is 19.4 Å². The molecule has 26 heavy (non-hydrogen) atoms. The Balaban J connectivity index is 1.67. The van der Waals surface area contributed by atoms with Gasteiger partial charge in [0, 0.05) is 25.0 Å². The van der Waals surface area contributed by atoms with Crippen LogP contribution in [0, 0.1) is 0 Å². The number of amides is 1. The molecular weight excluding hydrogens is 330 g/mol. The summed E-state index contributed by atoms with van der Waals surface area (Å²) in [4.78, 5) is 12.7. The summed E-state index contributed by atoms with van der Waals surface area (Å²) in [5, 5.41) is 12.0. The Morgan fingerprint density at radius 1 is 1.19 bits per heavy atom. The molecule has 1 aliphatic heterocycles. The van der Waals surface area contributed by atoms with Gasteiger partial charge in [0.05, 0.1) is 6.61 Å². The topological polar surface area (TPSA) is 67.8 Å². The van der Waals surface area contributed by atoms with E-state index in [0.29, 0.717) is 25.2 Å². The van der Waals surface area contributed by atoms with Crippen molar-refractivity contribution in [3.8, 4) is 0 Å². The SMILES string of the molecule is O=C(NC1CCCC1)C1=C[C@@H](c2ccccc2)C[C@@H](OCCCCO)O1. The Morgan fingerprint density at radius 3 is 2.69 bits per heavy atom. The van der Waals surface area contributed by atoms with Crippen molar-refractivity contribution in [2.24, 2.45) is 0 Å². The average Bonchev–Trinajstić information content (AvgIpc) is 3.19. The van der Waals surface area contributed by atoms with Crippen LogP contribution in [-0.4, -0.2) is 36.6 Å². The third-order valence-corrected chi connectivity index (χ3v) is 5.06. The fourth-order valence-electron chi connectivity index (χ4n) is 3.61. The summed E-state index contributed by atoms with van der Waals surface area (Å²) in [6, 6.07) is 10.4. The molecular formula is C21H29NO4. The standard InChI is InChI=1S/C21H29NO4/c23-12-6-7-13-25-20-15-17(16-8-2-1-3-9-16)14-19(26-20)21(24)22-18-10-4-5-11-18/h1-3,8-9,14,17-18,20,23H,4-7,10-13,15H2,(H,22,24)/t17-,20+/m1/s1. The van der Waals surface area contributed by atoms with E-state index in [9.17, 15) is 4.79 Å². The Bertz CT molecular complexity index is 595. The van der Waals surface area contributed by atoms with Gasteiger partial charge in [-0.3, -0.25) is 4.79 Å². The number of allylic oxidation sites excluding steroid dienone is 1. The normalized spacial score (nSPS) is 23.3. The molecule has 142 valence electrons. The second-order valence-corrected chi connectivity index (χ2v) is 7.09. The summed E-state index contributed by atoms with van der Waals surface area (Å²) in [5.41, 5.74) is 1.16. The molecule has 1 saturated carbocycles. The van der Waals surface area contributed by atoms with Crippen LogP contribution in [0.25, 0.3) is 0 Å². The first-order valence-electron chi connectivity index (χ1n) is 9.73. The van der Waals surface area contributed by atoms with Crippen LogP contribution in [0.4, 0.5) is 0 Å². The molecule has 3 rings (SSSR count). The monoisotopic (exact) mass is 359 g/mol. The summed E-state index contributed by atoms with van der Waals surface area (Å²) in [5.74, 6) is 0.322. The number of unbranched alkanes of at least 4 members (excludes halogenated alkanes) is 1. The van der Waals surface area contributed by atoms with Gasteiger partial charge in [-0.05, 0) is 37.3 Å². The Hall–Kier alpha value is -1.85. The Labute approximate surface area is 155 Å². The van der Waals surface area contributed by atoms with Crippen LogP contribution in [-0.2, 0) is 14.3 Å². The first-order valence-corrected chi connectivity index (χ1v) is 9.73. The van der Waals surface area contributed by atoms with Crippen LogP contribution < -0.4 is 5.32 Å². The lowest BCUT2D eigenvalue weighted by molar-refractivity contribution is -0.146. The Morgan fingerprint density at radius 2 is 1.96 bits per heavy atom. The maximum atomic E-state index is 12.7. The molecule has 0 unspecified atom stereocenters. The van der Waals surface area contributed by atoms with Crippen molar-refractivity contribution >= 4 is 5.91 Å². The largest absolute Gasteiger partial charge is 0.459 e. The number of rotatable bonds is 8. The molecule has 1 aliphatic carbocycles. The number of nitrogens with one attached hydrogen (secondary N) is 1. The first kappa shape index (κ1) is 18.9. The number of aliphatic hydroxyl groups excluding tert-OH is 1. The zero-order chi connectivity index (χ0) is 18.2. The van der Waals surface area contributed by atoms with Crippen LogP contribution in [0.15, 0.2) is 42.2 Å². The van der Waals surface area contributed by atoms with E-state index in [-0.39, 0.29) is 24.5 Å². The van der Waals surface area contributed by atoms with Crippen LogP contribution >= 0.6 is 0 Å². The van der Waals surface area contributed by atoms with E-state index in [1.165, 1.54) is 12.8 Å². The molecule has 2 N–H and O–H groups in total. The zero-order valence-electron chi connectivity index (χ0n) is 15.2. The number of ether oxygens (including phenoxy) is 2. The second-order valence-electron chi connectivity index (χ2n) is 7.09. The summed E-state index contributed by atoms with van der Waals surface area (Å²) < 4.78 is 11.7. The maximum Gasteiger partial charge on any atom is 0.286 e. The number of carbonyl (C=O) groups is 1. The van der Waals surface area contributed by atoms with Gasteiger partial charge in [-0.1, -0.05) is 43.2 Å². The molecule has 1 fully saturated rings. The van der Waals surface area contributed by atoms with Crippen LogP contribution in [0.2, 0.25) is 0 Å². The van der Waals surface area contributed by atoms with E-state index in [4.69, 9.17) is 14.6 Å². The highest BCUT2D eigenvalue weighted by atomic mass is 16.7. The summed E-state index contributed by atoms with van der Waals surface area (Å²) in [6.07, 6.45) is 8.09. The molecule has 5 heteroatoms. The summed E-state index contributed by atoms with van der Waals surface area (Å²) in [7, 11) is 0. The predicted molar refractivity (Wildman–Crippen MR) is 99.4 cm³/mol. The molecule has 1 aromatic carbocycles. The zero-order valence-corrected chi connectivity index (χ0v) is 15.2. The quantitative estimate of drug-likeness (QED) is 0.699. The van der Waals surface area contributed by atoms with Crippen molar-refractivity contribution in [3.05, 3.63) is 47.7 Å². The van der Waals surface area contributed by atoms with Gasteiger partial charge in [-0.15, -0.1) is 0 Å². The van der Waals surface area contributed by atoms with Crippen molar-refractivity contribution in [1.29, 1.82) is 0 Å². The summed E-state index contributed by atoms with van der Waals surface area (Å²) >= 11 is 0. The van der Waals surface area contributed by atoms with Crippen LogP contribution in [0.5, 0.6) is 0 Å². The fraction of sp³-hybridized carbons (Fsp3) is 0.571. The minimum atomic E-state index is -0.437. The number of benzene rings is 1. The molecule has 0 aromatic heterocycles. The van der Waals surface area contributed by atoms with E-state index in [1.807, 2.05) is 24.3 Å². The number of hydrogen-bond acceptors (Lipinski definition) is 4. The lowest BCUT2D eigenvalue weighted by Crippen LogP contribution is -2.37. The molecule has 2 aliphatic rings. The molecule has 2 atom stereocenters. The van der Waals surface area contributed by atoms with Gasteiger partial charge >= 0.3 is 0 Å². The van der Waals surface area contributed by atoms with Crippen molar-refractivity contribution in [1.82, 2.24) is 5.32 Å². The van der Waals surface area contributed by atoms with Gasteiger partial charge in [-0.2, -0.15) is 0 Å². The minimum Gasteiger partial charge on any atom is -0.459 e. The average molecular weight is 359 g/mol. The molecule has 0 radical (unpaired) electrons. The molecule has 0 bridgehead atoms. The Kier molecular flexibility index (Phi) is 7.09. The maximum absolute atomic E-state index is 12.7. The van der Waals surface area contributed by atoms with E-state index >= 15 is 0 Å². The molecule has 1 heterocycles. The highest BCUT2D eigenvalue weighted by Crippen LogP contribution is 2.31. The fourth-order valence-corrected chi connectivity index (χ4v) is 3.61. The first-order chi connectivity index (χ1) is 12.8.